The second-order valence-corrected chi connectivity index (χ2v) is 9.44. The number of esters is 1. The molecule has 0 amide bonds. The van der Waals surface area contributed by atoms with E-state index in [1.807, 2.05) is 58.0 Å². The molecule has 0 N–H and O–H groups in total. The van der Waals surface area contributed by atoms with Crippen LogP contribution < -0.4 is 4.74 Å². The SMILES string of the molecule is COCO[C@@H](C(=O)OC)[C@H]1O[C@@H](c2ccc(OC)cc2)O[C@@H]([C@H](C)[C@@H](OCOC)/C(C)=C/[C@@H](C)C=O)[C@H]1C. The molecule has 214 valence electrons. The van der Waals surface area contributed by atoms with E-state index in [1.165, 1.54) is 14.2 Å². The fourth-order valence-electron chi connectivity index (χ4n) is 4.74. The molecule has 1 fully saturated rings. The molecule has 1 heterocycles. The van der Waals surface area contributed by atoms with E-state index in [2.05, 4.69) is 0 Å². The largest absolute Gasteiger partial charge is 0.497 e. The second-order valence-electron chi connectivity index (χ2n) is 9.44. The Labute approximate surface area is 225 Å². The predicted molar refractivity (Wildman–Crippen MR) is 138 cm³/mol. The highest BCUT2D eigenvalue weighted by atomic mass is 16.7. The van der Waals surface area contributed by atoms with Crippen LogP contribution in [0.5, 0.6) is 5.75 Å². The summed E-state index contributed by atoms with van der Waals surface area (Å²) in [5, 5.41) is 0. The van der Waals surface area contributed by atoms with Crippen LogP contribution in [-0.2, 0) is 42.7 Å². The highest BCUT2D eigenvalue weighted by Crippen LogP contribution is 2.41. The summed E-state index contributed by atoms with van der Waals surface area (Å²) in [6.45, 7) is 7.60. The highest BCUT2D eigenvalue weighted by Gasteiger charge is 2.48. The van der Waals surface area contributed by atoms with Gasteiger partial charge in [0, 0.05) is 37.5 Å². The van der Waals surface area contributed by atoms with Crippen molar-refractivity contribution in [1.82, 2.24) is 0 Å². The second kappa shape index (κ2) is 15.9. The molecule has 1 aliphatic heterocycles. The van der Waals surface area contributed by atoms with Gasteiger partial charge in [-0.3, -0.25) is 0 Å². The molecule has 0 radical (unpaired) electrons. The van der Waals surface area contributed by atoms with Gasteiger partial charge in [0.05, 0.1) is 26.4 Å². The number of methoxy groups -OCH3 is 4. The molecule has 1 saturated heterocycles. The van der Waals surface area contributed by atoms with Gasteiger partial charge in [-0.05, 0) is 24.6 Å². The van der Waals surface area contributed by atoms with Gasteiger partial charge in [0.25, 0.3) is 0 Å². The quantitative estimate of drug-likeness (QED) is 0.142. The molecule has 1 aromatic carbocycles. The number of ether oxygens (including phenoxy) is 8. The Kier molecular flexibility index (Phi) is 13.4. The van der Waals surface area contributed by atoms with Gasteiger partial charge in [-0.15, -0.1) is 0 Å². The van der Waals surface area contributed by atoms with Gasteiger partial charge in [0.1, 0.15) is 31.7 Å². The van der Waals surface area contributed by atoms with E-state index in [4.69, 9.17) is 37.9 Å². The van der Waals surface area contributed by atoms with Crippen molar-refractivity contribution in [2.24, 2.45) is 17.8 Å². The third kappa shape index (κ3) is 8.33. The number of carbonyl (C=O) groups excluding carboxylic acids is 2. The number of benzene rings is 1. The molecule has 8 atom stereocenters. The lowest BCUT2D eigenvalue weighted by molar-refractivity contribution is -0.307. The molecule has 1 aliphatic rings. The minimum atomic E-state index is -1.06. The Morgan fingerprint density at radius 3 is 2.13 bits per heavy atom. The molecule has 1 aromatic rings. The number of carbonyl (C=O) groups is 2. The van der Waals surface area contributed by atoms with E-state index in [0.717, 1.165) is 17.4 Å². The molecule has 0 aliphatic carbocycles. The molecular weight excluding hydrogens is 496 g/mol. The lowest BCUT2D eigenvalue weighted by Crippen LogP contribution is -2.54. The molecule has 2 rings (SSSR count). The van der Waals surface area contributed by atoms with Crippen molar-refractivity contribution in [3.05, 3.63) is 41.5 Å². The summed E-state index contributed by atoms with van der Waals surface area (Å²) < 4.78 is 45.3. The van der Waals surface area contributed by atoms with Crippen LogP contribution in [-0.4, -0.2) is 78.7 Å². The molecule has 10 heteroatoms. The average Bonchev–Trinajstić information content (AvgIpc) is 2.93. The highest BCUT2D eigenvalue weighted by molar-refractivity contribution is 5.75. The lowest BCUT2D eigenvalue weighted by atomic mass is 9.81. The molecule has 0 spiro atoms. The van der Waals surface area contributed by atoms with Gasteiger partial charge in [-0.2, -0.15) is 0 Å². The minimum Gasteiger partial charge on any atom is -0.497 e. The zero-order chi connectivity index (χ0) is 28.2. The van der Waals surface area contributed by atoms with Gasteiger partial charge in [-0.25, -0.2) is 4.79 Å². The van der Waals surface area contributed by atoms with E-state index in [1.54, 1.807) is 14.2 Å². The van der Waals surface area contributed by atoms with E-state index >= 15 is 0 Å². The van der Waals surface area contributed by atoms with E-state index < -0.39 is 36.7 Å². The van der Waals surface area contributed by atoms with Crippen molar-refractivity contribution in [2.75, 3.05) is 42.0 Å². The topological polar surface area (TPSA) is 108 Å². The maximum Gasteiger partial charge on any atom is 0.337 e. The smallest absolute Gasteiger partial charge is 0.337 e. The van der Waals surface area contributed by atoms with Gasteiger partial charge in [0.2, 0.25) is 0 Å². The Morgan fingerprint density at radius 1 is 0.974 bits per heavy atom. The van der Waals surface area contributed by atoms with Crippen LogP contribution in [0.2, 0.25) is 0 Å². The molecule has 0 bridgehead atoms. The Bertz CT molecular complexity index is 886. The van der Waals surface area contributed by atoms with Gasteiger partial charge in [0.15, 0.2) is 12.4 Å². The third-order valence-corrected chi connectivity index (χ3v) is 6.63. The molecule has 38 heavy (non-hydrogen) atoms. The zero-order valence-electron chi connectivity index (χ0n) is 23.6. The van der Waals surface area contributed by atoms with Crippen molar-refractivity contribution in [2.45, 2.75) is 58.4 Å². The summed E-state index contributed by atoms with van der Waals surface area (Å²) in [5.74, 6) is -0.736. The predicted octanol–water partition coefficient (Wildman–Crippen LogP) is 3.68. The van der Waals surface area contributed by atoms with Gasteiger partial charge in [-0.1, -0.05) is 39.0 Å². The Hall–Kier alpha value is -2.34. The first-order valence-corrected chi connectivity index (χ1v) is 12.6. The Balaban J connectivity index is 2.51. The first-order chi connectivity index (χ1) is 18.2. The maximum atomic E-state index is 12.8. The normalized spacial score (nSPS) is 25.2. The number of aldehydes is 1. The summed E-state index contributed by atoms with van der Waals surface area (Å²) in [6.07, 6.45) is -0.738. The maximum absolute atomic E-state index is 12.8. The number of hydrogen-bond acceptors (Lipinski definition) is 10. The average molecular weight is 539 g/mol. The Morgan fingerprint density at radius 2 is 1.58 bits per heavy atom. The number of hydrogen-bond donors (Lipinski definition) is 0. The van der Waals surface area contributed by atoms with Crippen molar-refractivity contribution >= 4 is 12.3 Å². The van der Waals surface area contributed by atoms with Crippen LogP contribution in [0.15, 0.2) is 35.9 Å². The lowest BCUT2D eigenvalue weighted by Gasteiger charge is -2.46. The molecule has 10 nitrogen and oxygen atoms in total. The van der Waals surface area contributed by atoms with E-state index in [9.17, 15) is 9.59 Å². The third-order valence-electron chi connectivity index (χ3n) is 6.63. The molecular formula is C28H42O10. The minimum absolute atomic E-state index is 0.0559. The van der Waals surface area contributed by atoms with Gasteiger partial charge >= 0.3 is 5.97 Å². The van der Waals surface area contributed by atoms with Crippen molar-refractivity contribution in [3.8, 4) is 5.75 Å². The molecule has 0 aromatic heterocycles. The summed E-state index contributed by atoms with van der Waals surface area (Å²) in [6, 6.07) is 7.31. The van der Waals surface area contributed by atoms with Crippen LogP contribution in [0.25, 0.3) is 0 Å². The zero-order valence-corrected chi connectivity index (χ0v) is 23.6. The summed E-state index contributed by atoms with van der Waals surface area (Å²) in [5.41, 5.74) is 1.61. The fourth-order valence-corrected chi connectivity index (χ4v) is 4.74. The van der Waals surface area contributed by atoms with E-state index in [-0.39, 0.29) is 31.3 Å². The number of rotatable bonds is 15. The summed E-state index contributed by atoms with van der Waals surface area (Å²) in [4.78, 5) is 24.1. The van der Waals surface area contributed by atoms with Crippen LogP contribution in [0.3, 0.4) is 0 Å². The van der Waals surface area contributed by atoms with Crippen LogP contribution >= 0.6 is 0 Å². The van der Waals surface area contributed by atoms with E-state index in [0.29, 0.717) is 5.75 Å². The summed E-state index contributed by atoms with van der Waals surface area (Å²) >= 11 is 0. The van der Waals surface area contributed by atoms with Crippen LogP contribution in [0.4, 0.5) is 0 Å². The monoisotopic (exact) mass is 538 g/mol. The first kappa shape index (κ1) is 31.9. The molecule has 0 unspecified atom stereocenters. The first-order valence-electron chi connectivity index (χ1n) is 12.6. The van der Waals surface area contributed by atoms with Gasteiger partial charge < -0.3 is 42.7 Å². The van der Waals surface area contributed by atoms with Crippen molar-refractivity contribution in [3.63, 3.8) is 0 Å². The fraction of sp³-hybridized carbons (Fsp3) is 0.643. The van der Waals surface area contributed by atoms with Crippen molar-refractivity contribution < 1.29 is 47.5 Å². The van der Waals surface area contributed by atoms with Crippen LogP contribution in [0, 0.1) is 17.8 Å². The van der Waals surface area contributed by atoms with Crippen LogP contribution in [0.1, 0.15) is 39.5 Å². The standard InChI is InChI=1S/C28H42O10/c1-17(14-29)13-18(2)23(35-15-31-5)19(3)24-20(4)25(26(27(30)34-8)36-16-32-6)38-28(37-24)21-9-11-22(33-7)12-10-21/h9-14,17,19-20,23-26,28H,15-16H2,1-8H3/b18-13+/t17-,19-,20-,23+,24+,25+,26-,28+/m1/s1. The molecule has 0 saturated carbocycles. The summed E-state index contributed by atoms with van der Waals surface area (Å²) in [7, 11) is 5.91. The van der Waals surface area contributed by atoms with Crippen molar-refractivity contribution in [1.29, 1.82) is 0 Å². The number of allylic oxidation sites excluding steroid dienone is 1.